The molecule has 2 aromatic rings. The van der Waals surface area contributed by atoms with Gasteiger partial charge in [0.15, 0.2) is 0 Å². The molecule has 1 aliphatic carbocycles. The highest BCUT2D eigenvalue weighted by atomic mass is 32.1. The van der Waals surface area contributed by atoms with Gasteiger partial charge in [0.2, 0.25) is 0 Å². The number of halogens is 3. The van der Waals surface area contributed by atoms with Crippen LogP contribution >= 0.6 is 11.3 Å². The van der Waals surface area contributed by atoms with Crippen molar-refractivity contribution < 1.29 is 27.8 Å². The largest absolute Gasteiger partial charge is 0.487 e. The van der Waals surface area contributed by atoms with E-state index in [0.29, 0.717) is 11.4 Å². The molecule has 3 unspecified atom stereocenters. The lowest BCUT2D eigenvalue weighted by Gasteiger charge is -2.22. The molecule has 1 aromatic carbocycles. The number of hydrogen-bond acceptors (Lipinski definition) is 4. The first kappa shape index (κ1) is 23.6. The van der Waals surface area contributed by atoms with E-state index in [1.807, 2.05) is 5.38 Å². The molecule has 168 valence electrons. The molecule has 1 aromatic heterocycles. The lowest BCUT2D eigenvalue weighted by Crippen LogP contribution is -2.17. The van der Waals surface area contributed by atoms with E-state index in [1.54, 1.807) is 44.2 Å². The number of hydrogen-bond donors (Lipinski definition) is 1. The van der Waals surface area contributed by atoms with Gasteiger partial charge in [-0.15, -0.1) is 17.3 Å². The van der Waals surface area contributed by atoms with Crippen molar-refractivity contribution in [2.45, 2.75) is 44.9 Å². The Kier molecular flexibility index (Phi) is 7.41. The Labute approximate surface area is 188 Å². The molecule has 4 nitrogen and oxygen atoms in total. The van der Waals surface area contributed by atoms with E-state index in [-0.39, 0.29) is 30.8 Å². The second kappa shape index (κ2) is 10.0. The van der Waals surface area contributed by atoms with Gasteiger partial charge in [0.25, 0.3) is 0 Å². The summed E-state index contributed by atoms with van der Waals surface area (Å²) in [6, 6.07) is 7.09. The molecular weight excluding hydrogens is 439 g/mol. The zero-order chi connectivity index (χ0) is 23.3. The lowest BCUT2D eigenvalue weighted by molar-refractivity contribution is -0.137. The highest BCUT2D eigenvalue weighted by molar-refractivity contribution is 7.09. The summed E-state index contributed by atoms with van der Waals surface area (Å²) in [4.78, 5) is 15.6. The van der Waals surface area contributed by atoms with Crippen LogP contribution in [0.25, 0.3) is 0 Å². The molecule has 0 bridgehead atoms. The molecule has 1 heterocycles. The standard InChI is InChI=1S/C24H22F3NO3S/c1-3-4-17(12-22(29)30)16-5-8-20(9-6-16)31-13-19-14-32-23(28-19)21-10-7-18(11-15(21)2)24(25,26)27/h5-11,14-15,17,21H,12-13H2,1-2H3,(H,29,30). The van der Waals surface area contributed by atoms with E-state index >= 15 is 0 Å². The molecule has 1 aliphatic rings. The molecular formula is C24H22F3NO3S. The van der Waals surface area contributed by atoms with E-state index < -0.39 is 17.7 Å². The fourth-order valence-electron chi connectivity index (χ4n) is 3.42. The van der Waals surface area contributed by atoms with Crippen molar-refractivity contribution in [2.75, 3.05) is 0 Å². The second-order valence-electron chi connectivity index (χ2n) is 7.44. The Bertz CT molecular complexity index is 1070. The van der Waals surface area contributed by atoms with Gasteiger partial charge >= 0.3 is 12.1 Å². The van der Waals surface area contributed by atoms with Crippen LogP contribution in [0.3, 0.4) is 0 Å². The highest BCUT2D eigenvalue weighted by Crippen LogP contribution is 2.38. The summed E-state index contributed by atoms with van der Waals surface area (Å²) < 4.78 is 44.4. The first-order valence-corrected chi connectivity index (χ1v) is 10.8. The van der Waals surface area contributed by atoms with Gasteiger partial charge in [-0.1, -0.05) is 43.2 Å². The molecule has 0 fully saturated rings. The number of carbonyl (C=O) groups is 1. The van der Waals surface area contributed by atoms with E-state index in [4.69, 9.17) is 9.84 Å². The van der Waals surface area contributed by atoms with Crippen molar-refractivity contribution in [2.24, 2.45) is 5.92 Å². The maximum atomic E-state index is 12.9. The number of ether oxygens (including phenoxy) is 1. The highest BCUT2D eigenvalue weighted by Gasteiger charge is 2.35. The minimum atomic E-state index is -4.34. The first-order chi connectivity index (χ1) is 15.2. The summed E-state index contributed by atoms with van der Waals surface area (Å²) in [5.41, 5.74) is 0.871. The predicted molar refractivity (Wildman–Crippen MR) is 117 cm³/mol. The molecule has 0 amide bonds. The Morgan fingerprint density at radius 2 is 2.03 bits per heavy atom. The number of aromatic nitrogens is 1. The zero-order valence-electron chi connectivity index (χ0n) is 17.5. The minimum absolute atomic E-state index is 0.0731. The molecule has 3 atom stereocenters. The Morgan fingerprint density at radius 1 is 1.31 bits per heavy atom. The summed E-state index contributed by atoms with van der Waals surface area (Å²) in [6.07, 6.45) is -0.503. The fourth-order valence-corrected chi connectivity index (χ4v) is 4.42. The average Bonchev–Trinajstić information content (AvgIpc) is 3.20. The number of benzene rings is 1. The number of carboxylic acids is 1. The van der Waals surface area contributed by atoms with Crippen molar-refractivity contribution in [1.82, 2.24) is 4.98 Å². The van der Waals surface area contributed by atoms with Crippen LogP contribution in [0.2, 0.25) is 0 Å². The summed E-state index contributed by atoms with van der Waals surface area (Å²) in [7, 11) is 0. The third-order valence-electron chi connectivity index (χ3n) is 5.04. The predicted octanol–water partition coefficient (Wildman–Crippen LogP) is 6.08. The normalized spacial score (nSPS) is 19.0. The molecule has 8 heteroatoms. The molecule has 3 rings (SSSR count). The quantitative estimate of drug-likeness (QED) is 0.508. The van der Waals surface area contributed by atoms with Crippen LogP contribution in [0.1, 0.15) is 48.4 Å². The van der Waals surface area contributed by atoms with Gasteiger partial charge in [-0.25, -0.2) is 4.98 Å². The van der Waals surface area contributed by atoms with E-state index in [1.165, 1.54) is 17.4 Å². The molecule has 0 spiro atoms. The van der Waals surface area contributed by atoms with E-state index in [9.17, 15) is 18.0 Å². The molecule has 1 N–H and O–H groups in total. The molecule has 0 saturated carbocycles. The van der Waals surface area contributed by atoms with Gasteiger partial charge in [-0.2, -0.15) is 13.2 Å². The van der Waals surface area contributed by atoms with Crippen LogP contribution < -0.4 is 4.74 Å². The van der Waals surface area contributed by atoms with Gasteiger partial charge < -0.3 is 9.84 Å². The zero-order valence-corrected chi connectivity index (χ0v) is 18.3. The van der Waals surface area contributed by atoms with Gasteiger partial charge in [-0.05, 0) is 30.5 Å². The number of carboxylic acid groups (broad SMARTS) is 1. The number of aliphatic carboxylic acids is 1. The number of rotatable bonds is 7. The SMILES string of the molecule is CC#CC(CC(=O)O)c1ccc(OCc2csc(C3C=CC(C(F)(F)F)=CC3C)n2)cc1. The Morgan fingerprint density at radius 3 is 2.62 bits per heavy atom. The van der Waals surface area contributed by atoms with Gasteiger partial charge in [0, 0.05) is 11.3 Å². The minimum Gasteiger partial charge on any atom is -0.487 e. The van der Waals surface area contributed by atoms with Crippen molar-refractivity contribution in [3.8, 4) is 17.6 Å². The van der Waals surface area contributed by atoms with Crippen LogP contribution in [0.5, 0.6) is 5.75 Å². The number of nitrogens with zero attached hydrogens (tertiary/aromatic N) is 1. The monoisotopic (exact) mass is 461 g/mol. The summed E-state index contributed by atoms with van der Waals surface area (Å²) in [6.45, 7) is 3.64. The van der Waals surface area contributed by atoms with Crippen LogP contribution in [-0.4, -0.2) is 22.2 Å². The Hall–Kier alpha value is -3.05. The van der Waals surface area contributed by atoms with Crippen molar-refractivity contribution in [1.29, 1.82) is 0 Å². The third kappa shape index (κ3) is 6.01. The van der Waals surface area contributed by atoms with Crippen LogP contribution in [0, 0.1) is 17.8 Å². The fraction of sp³-hybridized carbons (Fsp3) is 0.333. The van der Waals surface area contributed by atoms with Crippen LogP contribution in [0.15, 0.2) is 53.4 Å². The summed E-state index contributed by atoms with van der Waals surface area (Å²) >= 11 is 1.40. The van der Waals surface area contributed by atoms with E-state index in [0.717, 1.165) is 16.6 Å². The summed E-state index contributed by atoms with van der Waals surface area (Å²) in [5, 5.41) is 11.6. The van der Waals surface area contributed by atoms with Gasteiger partial charge in [0.1, 0.15) is 17.4 Å². The smallest absolute Gasteiger partial charge is 0.416 e. The maximum Gasteiger partial charge on any atom is 0.416 e. The number of allylic oxidation sites excluding steroid dienone is 4. The molecule has 0 saturated heterocycles. The first-order valence-electron chi connectivity index (χ1n) is 9.95. The second-order valence-corrected chi connectivity index (χ2v) is 8.33. The average molecular weight is 462 g/mol. The van der Waals surface area contributed by atoms with Crippen molar-refractivity contribution >= 4 is 17.3 Å². The summed E-state index contributed by atoms with van der Waals surface area (Å²) in [5.74, 6) is 4.45. The third-order valence-corrected chi connectivity index (χ3v) is 6.04. The van der Waals surface area contributed by atoms with Crippen LogP contribution in [-0.2, 0) is 11.4 Å². The van der Waals surface area contributed by atoms with Gasteiger partial charge in [0.05, 0.1) is 23.6 Å². The van der Waals surface area contributed by atoms with E-state index in [2.05, 4.69) is 16.8 Å². The van der Waals surface area contributed by atoms with Crippen molar-refractivity contribution in [3.63, 3.8) is 0 Å². The lowest BCUT2D eigenvalue weighted by atomic mass is 9.87. The molecule has 0 radical (unpaired) electrons. The van der Waals surface area contributed by atoms with Crippen molar-refractivity contribution in [3.05, 3.63) is 69.7 Å². The van der Waals surface area contributed by atoms with Crippen LogP contribution in [0.4, 0.5) is 13.2 Å². The maximum absolute atomic E-state index is 12.9. The molecule has 32 heavy (non-hydrogen) atoms. The Balaban J connectivity index is 1.61. The number of alkyl halides is 3. The molecule has 0 aliphatic heterocycles. The number of thiazole rings is 1. The topological polar surface area (TPSA) is 59.4 Å². The van der Waals surface area contributed by atoms with Gasteiger partial charge in [-0.3, -0.25) is 4.79 Å².